The van der Waals surface area contributed by atoms with Gasteiger partial charge in [-0.3, -0.25) is 4.79 Å². The third kappa shape index (κ3) is 7.20. The Morgan fingerprint density at radius 1 is 1.05 bits per heavy atom. The summed E-state index contributed by atoms with van der Waals surface area (Å²) in [6.07, 6.45) is 13.2. The Hall–Kier alpha value is -3.69. The highest BCUT2D eigenvalue weighted by molar-refractivity contribution is 5.97. The van der Waals surface area contributed by atoms with E-state index in [1.807, 2.05) is 44.0 Å². The summed E-state index contributed by atoms with van der Waals surface area (Å²) in [6, 6.07) is 6.27. The van der Waals surface area contributed by atoms with Gasteiger partial charge in [-0.1, -0.05) is 18.9 Å². The molecular weight excluding hydrogens is 530 g/mol. The second-order valence-electron chi connectivity index (χ2n) is 13.0. The van der Waals surface area contributed by atoms with Crippen molar-refractivity contribution < 1.29 is 14.3 Å². The van der Waals surface area contributed by atoms with E-state index in [0.29, 0.717) is 23.4 Å². The Labute approximate surface area is 248 Å². The van der Waals surface area contributed by atoms with E-state index < -0.39 is 5.60 Å². The molecule has 0 spiro atoms. The fourth-order valence-electron chi connectivity index (χ4n) is 6.08. The van der Waals surface area contributed by atoms with E-state index >= 15 is 0 Å². The third-order valence-electron chi connectivity index (χ3n) is 8.30. The largest absolute Gasteiger partial charge is 0.444 e. The number of fused-ring (bicyclic) bond motifs is 1. The number of hydrogen-bond acceptors (Lipinski definition) is 7. The molecule has 2 fully saturated rings. The maximum atomic E-state index is 13.0. The SMILES string of the molecule is CN(C)C(=O)c1cc2cnc(Nc3ccc(CCCC4CCN(C(=O)OC(C)(C)C)CC4)cn3)nc2n1C1CCCC1. The summed E-state index contributed by atoms with van der Waals surface area (Å²) in [5.74, 6) is 1.79. The summed E-state index contributed by atoms with van der Waals surface area (Å²) < 4.78 is 7.63. The van der Waals surface area contributed by atoms with Crippen LogP contribution >= 0.6 is 0 Å². The van der Waals surface area contributed by atoms with Crippen molar-refractivity contribution in [1.29, 1.82) is 0 Å². The molecule has 10 heteroatoms. The van der Waals surface area contributed by atoms with Gasteiger partial charge in [0.05, 0.1) is 0 Å². The lowest BCUT2D eigenvalue weighted by atomic mass is 9.91. The Kier molecular flexibility index (Phi) is 8.99. The number of ether oxygens (including phenoxy) is 1. The van der Waals surface area contributed by atoms with Crippen molar-refractivity contribution in [3.63, 3.8) is 0 Å². The normalized spacial score (nSPS) is 16.6. The van der Waals surface area contributed by atoms with Crippen molar-refractivity contribution in [2.24, 2.45) is 5.92 Å². The Balaban J connectivity index is 1.15. The molecule has 226 valence electrons. The Bertz CT molecular complexity index is 1380. The molecule has 1 N–H and O–H groups in total. The van der Waals surface area contributed by atoms with Crippen molar-refractivity contribution in [2.45, 2.75) is 90.2 Å². The van der Waals surface area contributed by atoms with E-state index in [0.717, 1.165) is 69.1 Å². The number of aromatic nitrogens is 4. The summed E-state index contributed by atoms with van der Waals surface area (Å²) in [4.78, 5) is 42.7. The molecule has 2 aliphatic rings. The minimum Gasteiger partial charge on any atom is -0.444 e. The van der Waals surface area contributed by atoms with Crippen LogP contribution in [0.3, 0.4) is 0 Å². The number of carbonyl (C=O) groups is 2. The molecule has 5 rings (SSSR count). The second kappa shape index (κ2) is 12.7. The van der Waals surface area contributed by atoms with Crippen LogP contribution in [0.4, 0.5) is 16.6 Å². The molecular formula is C32H45N7O3. The van der Waals surface area contributed by atoms with E-state index in [4.69, 9.17) is 9.72 Å². The van der Waals surface area contributed by atoms with Crippen LogP contribution in [-0.2, 0) is 11.2 Å². The first kappa shape index (κ1) is 29.8. The number of anilines is 2. The molecule has 1 saturated carbocycles. The van der Waals surface area contributed by atoms with Gasteiger partial charge in [0.25, 0.3) is 5.91 Å². The summed E-state index contributed by atoms with van der Waals surface area (Å²) in [7, 11) is 3.56. The van der Waals surface area contributed by atoms with Crippen LogP contribution in [-0.4, -0.2) is 74.1 Å². The number of hydrogen-bond donors (Lipinski definition) is 1. The molecule has 1 saturated heterocycles. The van der Waals surface area contributed by atoms with Crippen LogP contribution in [0.15, 0.2) is 30.6 Å². The molecule has 3 aromatic heterocycles. The van der Waals surface area contributed by atoms with Gasteiger partial charge in [-0.05, 0) is 89.3 Å². The highest BCUT2D eigenvalue weighted by Crippen LogP contribution is 2.35. The molecule has 0 radical (unpaired) electrons. The lowest BCUT2D eigenvalue weighted by Gasteiger charge is -2.33. The second-order valence-corrected chi connectivity index (χ2v) is 13.0. The zero-order valence-corrected chi connectivity index (χ0v) is 25.7. The van der Waals surface area contributed by atoms with Crippen LogP contribution in [0.1, 0.15) is 94.2 Å². The lowest BCUT2D eigenvalue weighted by molar-refractivity contribution is 0.0180. The molecule has 1 aliphatic heterocycles. The summed E-state index contributed by atoms with van der Waals surface area (Å²) >= 11 is 0. The fourth-order valence-corrected chi connectivity index (χ4v) is 6.08. The fraction of sp³-hybridized carbons (Fsp3) is 0.594. The first-order valence-electron chi connectivity index (χ1n) is 15.4. The van der Waals surface area contributed by atoms with Crippen molar-refractivity contribution in [3.05, 3.63) is 41.9 Å². The van der Waals surface area contributed by atoms with Crippen LogP contribution in [0.2, 0.25) is 0 Å². The number of carbonyl (C=O) groups excluding carboxylic acids is 2. The molecule has 4 heterocycles. The van der Waals surface area contributed by atoms with Crippen molar-refractivity contribution in [2.75, 3.05) is 32.5 Å². The topological polar surface area (TPSA) is 105 Å². The number of nitrogens with zero attached hydrogens (tertiary/aromatic N) is 6. The van der Waals surface area contributed by atoms with E-state index in [1.54, 1.807) is 25.2 Å². The van der Waals surface area contributed by atoms with Gasteiger partial charge < -0.3 is 24.4 Å². The number of likely N-dealkylation sites (tertiary alicyclic amines) is 1. The van der Waals surface area contributed by atoms with Gasteiger partial charge in [0.2, 0.25) is 5.95 Å². The smallest absolute Gasteiger partial charge is 0.410 e. The molecule has 0 atom stereocenters. The first-order chi connectivity index (χ1) is 20.1. The lowest BCUT2D eigenvalue weighted by Crippen LogP contribution is -2.41. The van der Waals surface area contributed by atoms with Gasteiger partial charge in [0, 0.05) is 51.0 Å². The Morgan fingerprint density at radius 3 is 2.43 bits per heavy atom. The highest BCUT2D eigenvalue weighted by atomic mass is 16.6. The van der Waals surface area contributed by atoms with Gasteiger partial charge in [0.1, 0.15) is 22.8 Å². The minimum atomic E-state index is -0.452. The predicted octanol–water partition coefficient (Wildman–Crippen LogP) is 6.36. The van der Waals surface area contributed by atoms with Crippen LogP contribution in [0.25, 0.3) is 11.0 Å². The van der Waals surface area contributed by atoms with Gasteiger partial charge in [-0.15, -0.1) is 0 Å². The summed E-state index contributed by atoms with van der Waals surface area (Å²) in [5, 5.41) is 4.12. The van der Waals surface area contributed by atoms with Gasteiger partial charge in [0.15, 0.2) is 0 Å². The zero-order chi connectivity index (χ0) is 29.9. The number of amides is 2. The highest BCUT2D eigenvalue weighted by Gasteiger charge is 2.28. The molecule has 0 bridgehead atoms. The molecule has 42 heavy (non-hydrogen) atoms. The average molecular weight is 576 g/mol. The summed E-state index contributed by atoms with van der Waals surface area (Å²) in [6.45, 7) is 7.26. The monoisotopic (exact) mass is 575 g/mol. The maximum Gasteiger partial charge on any atom is 0.410 e. The quantitative estimate of drug-likeness (QED) is 0.333. The van der Waals surface area contributed by atoms with Crippen molar-refractivity contribution in [1.82, 2.24) is 29.3 Å². The predicted molar refractivity (Wildman–Crippen MR) is 164 cm³/mol. The molecule has 1 aliphatic carbocycles. The number of nitrogens with one attached hydrogen (secondary N) is 1. The Morgan fingerprint density at radius 2 is 1.79 bits per heavy atom. The molecule has 10 nitrogen and oxygen atoms in total. The number of pyridine rings is 1. The van der Waals surface area contributed by atoms with E-state index in [2.05, 4.69) is 25.9 Å². The average Bonchev–Trinajstić information content (AvgIpc) is 3.61. The van der Waals surface area contributed by atoms with Crippen LogP contribution in [0.5, 0.6) is 0 Å². The summed E-state index contributed by atoms with van der Waals surface area (Å²) in [5.41, 5.74) is 2.21. The van der Waals surface area contributed by atoms with Gasteiger partial charge in [-0.25, -0.2) is 14.8 Å². The van der Waals surface area contributed by atoms with Crippen molar-refractivity contribution in [3.8, 4) is 0 Å². The van der Waals surface area contributed by atoms with Crippen LogP contribution in [0, 0.1) is 5.92 Å². The van der Waals surface area contributed by atoms with E-state index in [9.17, 15) is 9.59 Å². The maximum absolute atomic E-state index is 13.0. The zero-order valence-electron chi connectivity index (χ0n) is 25.7. The van der Waals surface area contributed by atoms with Crippen LogP contribution < -0.4 is 5.32 Å². The van der Waals surface area contributed by atoms with Gasteiger partial charge in [-0.2, -0.15) is 4.98 Å². The molecule has 0 unspecified atom stereocenters. The number of rotatable bonds is 8. The van der Waals surface area contributed by atoms with Gasteiger partial charge >= 0.3 is 6.09 Å². The van der Waals surface area contributed by atoms with E-state index in [1.165, 1.54) is 18.4 Å². The first-order valence-corrected chi connectivity index (χ1v) is 15.4. The molecule has 0 aromatic carbocycles. The molecule has 2 amide bonds. The van der Waals surface area contributed by atoms with Crippen molar-refractivity contribution >= 4 is 34.8 Å². The molecule has 3 aromatic rings. The standard InChI is InChI=1S/C32H45N7O3/c1-32(2,3)42-31(41)38-17-15-22(16-18-38)9-8-10-23-13-14-27(33-20-23)35-30-34-21-24-19-26(29(40)37(4)5)39(28(24)36-30)25-11-6-7-12-25/h13-14,19-22,25H,6-12,15-18H2,1-5H3,(H,33,34,35,36). The number of aryl methyl sites for hydroxylation is 1. The number of piperidine rings is 1. The third-order valence-corrected chi connectivity index (χ3v) is 8.30. The minimum absolute atomic E-state index is 0.0158. The van der Waals surface area contributed by atoms with E-state index in [-0.39, 0.29) is 18.0 Å².